The molecule has 0 saturated carbocycles. The second-order valence-electron chi connectivity index (χ2n) is 5.42. The van der Waals surface area contributed by atoms with Gasteiger partial charge in [-0.2, -0.15) is 0 Å². The SMILES string of the molecule is CC(=O)c1cn(CCCN(C)C)c2c(C)cccc12. The summed E-state index contributed by atoms with van der Waals surface area (Å²) in [6.07, 6.45) is 3.10. The fourth-order valence-corrected chi connectivity index (χ4v) is 2.56. The van der Waals surface area contributed by atoms with E-state index in [-0.39, 0.29) is 5.78 Å². The number of aryl methyl sites for hydroxylation is 2. The zero-order chi connectivity index (χ0) is 14.0. The number of Topliss-reactive ketones (excluding diaryl/α,β-unsaturated/α-hetero) is 1. The third kappa shape index (κ3) is 2.87. The minimum Gasteiger partial charge on any atom is -0.346 e. The molecule has 1 aromatic carbocycles. The highest BCUT2D eigenvalue weighted by molar-refractivity contribution is 6.07. The number of ketones is 1. The van der Waals surface area contributed by atoms with Gasteiger partial charge in [-0.1, -0.05) is 18.2 Å². The molecule has 0 radical (unpaired) electrons. The summed E-state index contributed by atoms with van der Waals surface area (Å²) in [7, 11) is 4.17. The van der Waals surface area contributed by atoms with Gasteiger partial charge in [0, 0.05) is 23.7 Å². The summed E-state index contributed by atoms with van der Waals surface area (Å²) in [4.78, 5) is 13.9. The molecule has 2 aromatic rings. The number of rotatable bonds is 5. The number of para-hydroxylation sites is 1. The first-order chi connectivity index (χ1) is 9.00. The van der Waals surface area contributed by atoms with Crippen molar-refractivity contribution in [2.45, 2.75) is 26.8 Å². The molecule has 19 heavy (non-hydrogen) atoms. The third-order valence-corrected chi connectivity index (χ3v) is 3.48. The lowest BCUT2D eigenvalue weighted by molar-refractivity contribution is 0.101. The van der Waals surface area contributed by atoms with E-state index in [9.17, 15) is 4.79 Å². The molecule has 0 atom stereocenters. The van der Waals surface area contributed by atoms with Gasteiger partial charge in [0.05, 0.1) is 5.52 Å². The minimum absolute atomic E-state index is 0.141. The molecule has 0 N–H and O–H groups in total. The highest BCUT2D eigenvalue weighted by Gasteiger charge is 2.13. The van der Waals surface area contributed by atoms with Crippen molar-refractivity contribution in [3.05, 3.63) is 35.5 Å². The topological polar surface area (TPSA) is 25.2 Å². The highest BCUT2D eigenvalue weighted by atomic mass is 16.1. The lowest BCUT2D eigenvalue weighted by Gasteiger charge is -2.11. The van der Waals surface area contributed by atoms with Gasteiger partial charge in [-0.05, 0) is 46.5 Å². The van der Waals surface area contributed by atoms with Crippen LogP contribution in [-0.4, -0.2) is 35.9 Å². The van der Waals surface area contributed by atoms with Crippen LogP contribution in [0.2, 0.25) is 0 Å². The number of nitrogens with zero attached hydrogens (tertiary/aromatic N) is 2. The molecule has 1 heterocycles. The quantitative estimate of drug-likeness (QED) is 0.770. The molecule has 0 spiro atoms. The van der Waals surface area contributed by atoms with Crippen LogP contribution in [0.3, 0.4) is 0 Å². The molecule has 3 heteroatoms. The Morgan fingerprint density at radius 2 is 2.05 bits per heavy atom. The van der Waals surface area contributed by atoms with Crippen molar-refractivity contribution in [3.8, 4) is 0 Å². The fraction of sp³-hybridized carbons (Fsp3) is 0.438. The van der Waals surface area contributed by atoms with Gasteiger partial charge in [0.25, 0.3) is 0 Å². The Morgan fingerprint density at radius 3 is 2.68 bits per heavy atom. The lowest BCUT2D eigenvalue weighted by Crippen LogP contribution is -2.14. The van der Waals surface area contributed by atoms with E-state index >= 15 is 0 Å². The molecule has 0 fully saturated rings. The predicted molar refractivity (Wildman–Crippen MR) is 79.9 cm³/mol. The first-order valence-electron chi connectivity index (χ1n) is 6.75. The maximum absolute atomic E-state index is 11.7. The van der Waals surface area contributed by atoms with Crippen LogP contribution >= 0.6 is 0 Å². The van der Waals surface area contributed by atoms with Gasteiger partial charge in [-0.3, -0.25) is 4.79 Å². The number of benzene rings is 1. The second kappa shape index (κ2) is 5.57. The van der Waals surface area contributed by atoms with Crippen LogP contribution in [-0.2, 0) is 6.54 Å². The molecule has 0 bridgehead atoms. The number of fused-ring (bicyclic) bond motifs is 1. The van der Waals surface area contributed by atoms with Crippen molar-refractivity contribution in [2.24, 2.45) is 0 Å². The van der Waals surface area contributed by atoms with E-state index < -0.39 is 0 Å². The number of hydrogen-bond acceptors (Lipinski definition) is 2. The van der Waals surface area contributed by atoms with Crippen LogP contribution in [0.4, 0.5) is 0 Å². The molecule has 2 rings (SSSR count). The van der Waals surface area contributed by atoms with Gasteiger partial charge in [0.1, 0.15) is 0 Å². The van der Waals surface area contributed by atoms with E-state index in [1.165, 1.54) is 11.1 Å². The average molecular weight is 258 g/mol. The molecule has 0 aliphatic carbocycles. The van der Waals surface area contributed by atoms with E-state index in [1.807, 2.05) is 18.3 Å². The Labute approximate surface area is 114 Å². The van der Waals surface area contributed by atoms with E-state index in [2.05, 4.69) is 36.6 Å². The van der Waals surface area contributed by atoms with Crippen LogP contribution in [0.15, 0.2) is 24.4 Å². The first-order valence-corrected chi connectivity index (χ1v) is 6.75. The lowest BCUT2D eigenvalue weighted by atomic mass is 10.1. The van der Waals surface area contributed by atoms with Crippen LogP contribution in [0, 0.1) is 6.92 Å². The van der Waals surface area contributed by atoms with Gasteiger partial charge in [0.15, 0.2) is 5.78 Å². The molecular weight excluding hydrogens is 236 g/mol. The Kier molecular flexibility index (Phi) is 4.05. The molecular formula is C16H22N2O. The molecule has 0 aliphatic rings. The zero-order valence-electron chi connectivity index (χ0n) is 12.2. The van der Waals surface area contributed by atoms with Gasteiger partial charge < -0.3 is 9.47 Å². The van der Waals surface area contributed by atoms with Crippen molar-refractivity contribution in [3.63, 3.8) is 0 Å². The Bertz CT molecular complexity index is 596. The second-order valence-corrected chi connectivity index (χ2v) is 5.42. The first kappa shape index (κ1) is 13.8. The van der Waals surface area contributed by atoms with E-state index in [1.54, 1.807) is 6.92 Å². The Balaban J connectivity index is 2.40. The fourth-order valence-electron chi connectivity index (χ4n) is 2.56. The largest absolute Gasteiger partial charge is 0.346 e. The minimum atomic E-state index is 0.141. The molecule has 0 unspecified atom stereocenters. The van der Waals surface area contributed by atoms with Crippen LogP contribution in [0.1, 0.15) is 29.3 Å². The van der Waals surface area contributed by atoms with Crippen molar-refractivity contribution in [2.75, 3.05) is 20.6 Å². The predicted octanol–water partition coefficient (Wildman–Crippen LogP) is 3.10. The number of hydrogen-bond donors (Lipinski definition) is 0. The monoisotopic (exact) mass is 258 g/mol. The summed E-state index contributed by atoms with van der Waals surface area (Å²) in [6.45, 7) is 5.75. The molecule has 0 aliphatic heterocycles. The van der Waals surface area contributed by atoms with E-state index in [0.717, 1.165) is 30.5 Å². The zero-order valence-corrected chi connectivity index (χ0v) is 12.2. The molecule has 0 amide bonds. The summed E-state index contributed by atoms with van der Waals surface area (Å²) in [5, 5.41) is 1.08. The summed E-state index contributed by atoms with van der Waals surface area (Å²) >= 11 is 0. The van der Waals surface area contributed by atoms with Crippen molar-refractivity contribution < 1.29 is 4.79 Å². The number of carbonyl (C=O) groups is 1. The van der Waals surface area contributed by atoms with Crippen LogP contribution < -0.4 is 0 Å². The third-order valence-electron chi connectivity index (χ3n) is 3.48. The molecule has 1 aromatic heterocycles. The van der Waals surface area contributed by atoms with Crippen molar-refractivity contribution in [1.82, 2.24) is 9.47 Å². The maximum atomic E-state index is 11.7. The van der Waals surface area contributed by atoms with Gasteiger partial charge in [-0.25, -0.2) is 0 Å². The summed E-state index contributed by atoms with van der Waals surface area (Å²) in [6, 6.07) is 6.17. The standard InChI is InChI=1S/C16H22N2O/c1-12-7-5-8-14-15(13(2)19)11-18(16(12)14)10-6-9-17(3)4/h5,7-8,11H,6,9-10H2,1-4H3. The summed E-state index contributed by atoms with van der Waals surface area (Å²) in [5.74, 6) is 0.141. The van der Waals surface area contributed by atoms with Gasteiger partial charge in [0.2, 0.25) is 0 Å². The highest BCUT2D eigenvalue weighted by Crippen LogP contribution is 2.25. The van der Waals surface area contributed by atoms with Gasteiger partial charge >= 0.3 is 0 Å². The molecule has 3 nitrogen and oxygen atoms in total. The van der Waals surface area contributed by atoms with Gasteiger partial charge in [-0.15, -0.1) is 0 Å². The number of aromatic nitrogens is 1. The smallest absolute Gasteiger partial charge is 0.161 e. The van der Waals surface area contributed by atoms with E-state index in [4.69, 9.17) is 0 Å². The maximum Gasteiger partial charge on any atom is 0.161 e. The summed E-state index contributed by atoms with van der Waals surface area (Å²) in [5.41, 5.74) is 3.27. The molecule has 0 saturated heterocycles. The van der Waals surface area contributed by atoms with Crippen LogP contribution in [0.5, 0.6) is 0 Å². The van der Waals surface area contributed by atoms with Crippen molar-refractivity contribution in [1.29, 1.82) is 0 Å². The number of carbonyl (C=O) groups excluding carboxylic acids is 1. The Morgan fingerprint density at radius 1 is 1.32 bits per heavy atom. The average Bonchev–Trinajstić information content (AvgIpc) is 2.69. The molecule has 102 valence electrons. The van der Waals surface area contributed by atoms with E-state index in [0.29, 0.717) is 0 Å². The van der Waals surface area contributed by atoms with Crippen LogP contribution in [0.25, 0.3) is 10.9 Å². The summed E-state index contributed by atoms with van der Waals surface area (Å²) < 4.78 is 2.23. The Hall–Kier alpha value is -1.61. The van der Waals surface area contributed by atoms with Crippen molar-refractivity contribution >= 4 is 16.7 Å². The normalized spacial score (nSPS) is 11.4.